The van der Waals surface area contributed by atoms with E-state index < -0.39 is 6.72 Å². The van der Waals surface area contributed by atoms with Gasteiger partial charge in [-0.25, -0.2) is 0 Å². The van der Waals surface area contributed by atoms with E-state index in [0.29, 0.717) is 30.5 Å². The van der Waals surface area contributed by atoms with Gasteiger partial charge in [0.15, 0.2) is 0 Å². The summed E-state index contributed by atoms with van der Waals surface area (Å²) in [6.45, 7) is -3.06. The average molecular weight is 330 g/mol. The minimum Gasteiger partial charge on any atom is -0.333 e. The van der Waals surface area contributed by atoms with Crippen LogP contribution >= 0.6 is 18.0 Å². The van der Waals surface area contributed by atoms with Crippen molar-refractivity contribution in [1.82, 2.24) is 4.90 Å². The van der Waals surface area contributed by atoms with Gasteiger partial charge < -0.3 is 4.89 Å². The van der Waals surface area contributed by atoms with Crippen molar-refractivity contribution in [3.63, 3.8) is 0 Å². The summed E-state index contributed by atoms with van der Waals surface area (Å²) in [5.74, 6) is -0.479. The predicted octanol–water partition coefficient (Wildman–Crippen LogP) is 3.27. The van der Waals surface area contributed by atoms with Gasteiger partial charge >= 0.3 is 0 Å². The van der Waals surface area contributed by atoms with Crippen molar-refractivity contribution in [2.45, 2.75) is 25.7 Å². The molecular formula is C14H17ClNO4P. The number of unbranched alkanes of at least 4 members (excludes halogenated alkanes) is 3. The lowest BCUT2D eigenvalue weighted by Gasteiger charge is -2.13. The Kier molecular flexibility index (Phi) is 5.20. The van der Waals surface area contributed by atoms with Crippen LogP contribution in [0.25, 0.3) is 0 Å². The van der Waals surface area contributed by atoms with Crippen LogP contribution in [0, 0.1) is 0 Å². The quantitative estimate of drug-likeness (QED) is 0.473. The van der Waals surface area contributed by atoms with Crippen molar-refractivity contribution >= 4 is 29.8 Å². The number of benzene rings is 1. The lowest BCUT2D eigenvalue weighted by atomic mass is 10.1. The molecule has 7 heteroatoms. The Bertz CT molecular complexity index is 563. The molecule has 2 rings (SSSR count). The Labute approximate surface area is 128 Å². The van der Waals surface area contributed by atoms with Gasteiger partial charge in [0, 0.05) is 12.7 Å². The van der Waals surface area contributed by atoms with Crippen LogP contribution in [0.15, 0.2) is 24.3 Å². The molecule has 1 N–H and O–H groups in total. The Balaban J connectivity index is 1.77. The van der Waals surface area contributed by atoms with Crippen molar-refractivity contribution in [3.8, 4) is 0 Å². The zero-order chi connectivity index (χ0) is 15.5. The molecule has 5 nitrogen and oxygen atoms in total. The van der Waals surface area contributed by atoms with Crippen LogP contribution < -0.4 is 0 Å². The molecule has 1 heterocycles. The Morgan fingerprint density at radius 3 is 2.05 bits per heavy atom. The van der Waals surface area contributed by atoms with Gasteiger partial charge in [-0.1, -0.05) is 25.0 Å². The summed E-state index contributed by atoms with van der Waals surface area (Å²) in [6, 6.07) is 6.81. The summed E-state index contributed by atoms with van der Waals surface area (Å²) in [7, 11) is 0. The Morgan fingerprint density at radius 1 is 1.00 bits per heavy atom. The second kappa shape index (κ2) is 6.73. The van der Waals surface area contributed by atoms with Gasteiger partial charge in [-0.05, 0) is 36.2 Å². The number of nitrogens with zero attached hydrogens (tertiary/aromatic N) is 1. The van der Waals surface area contributed by atoms with Gasteiger partial charge in [0.1, 0.15) is 0 Å². The number of carbonyl (C=O) groups is 2. The second-order valence-corrected chi connectivity index (χ2v) is 8.33. The average Bonchev–Trinajstić information content (AvgIpc) is 2.66. The summed E-state index contributed by atoms with van der Waals surface area (Å²) in [6.07, 6.45) is 2.88. The number of fused-ring (bicyclic) bond motifs is 1. The summed E-state index contributed by atoms with van der Waals surface area (Å²) >= 11 is 5.25. The molecule has 114 valence electrons. The van der Waals surface area contributed by atoms with E-state index >= 15 is 0 Å². The highest BCUT2D eigenvalue weighted by Gasteiger charge is 2.34. The van der Waals surface area contributed by atoms with Crippen LogP contribution in [0.4, 0.5) is 0 Å². The molecule has 1 atom stereocenters. The standard InChI is InChI=1S/C14H17ClNO4P/c15-21(19,20)10-6-2-1-5-9-16-13(17)11-7-3-4-8-12(11)14(16)18/h3-4,7-8H,1-2,5-6,9-10H2,(H,19,20). The number of rotatable bonds is 7. The van der Waals surface area contributed by atoms with Crippen molar-refractivity contribution in [3.05, 3.63) is 35.4 Å². The first-order valence-electron chi connectivity index (χ1n) is 6.87. The largest absolute Gasteiger partial charge is 0.333 e. The fourth-order valence-electron chi connectivity index (χ4n) is 2.37. The SMILES string of the molecule is O=C1c2ccccc2C(=O)N1CCCCCCP(=O)(O)Cl. The lowest BCUT2D eigenvalue weighted by Crippen LogP contribution is -2.30. The Hall–Kier alpha value is -1.16. The van der Waals surface area contributed by atoms with E-state index in [2.05, 4.69) is 0 Å². The van der Waals surface area contributed by atoms with Gasteiger partial charge in [-0.15, -0.1) is 0 Å². The summed E-state index contributed by atoms with van der Waals surface area (Å²) in [5.41, 5.74) is 0.928. The maximum atomic E-state index is 12.1. The minimum absolute atomic E-state index is 0.0988. The maximum absolute atomic E-state index is 12.1. The smallest absolute Gasteiger partial charge is 0.287 e. The highest BCUT2D eigenvalue weighted by molar-refractivity contribution is 7.84. The van der Waals surface area contributed by atoms with Crippen LogP contribution in [0.5, 0.6) is 0 Å². The molecule has 0 saturated carbocycles. The van der Waals surface area contributed by atoms with Gasteiger partial charge in [0.05, 0.1) is 11.1 Å². The van der Waals surface area contributed by atoms with Gasteiger partial charge in [0.2, 0.25) is 0 Å². The first-order valence-corrected chi connectivity index (χ1v) is 9.62. The fraction of sp³-hybridized carbons (Fsp3) is 0.429. The van der Waals surface area contributed by atoms with Gasteiger partial charge in [-0.3, -0.25) is 19.1 Å². The van der Waals surface area contributed by atoms with Crippen LogP contribution in [0.2, 0.25) is 0 Å². The number of hydrogen-bond acceptors (Lipinski definition) is 3. The normalized spacial score (nSPS) is 17.0. The molecule has 1 aromatic rings. The third-order valence-corrected chi connectivity index (χ3v) is 4.82. The first kappa shape index (κ1) is 16.2. The molecule has 0 radical (unpaired) electrons. The highest BCUT2D eigenvalue weighted by Crippen LogP contribution is 2.46. The van der Waals surface area contributed by atoms with Crippen molar-refractivity contribution in [2.24, 2.45) is 0 Å². The fourth-order valence-corrected chi connectivity index (χ4v) is 3.34. The number of amides is 2. The van der Waals surface area contributed by atoms with E-state index in [4.69, 9.17) is 16.1 Å². The molecule has 1 aromatic carbocycles. The lowest BCUT2D eigenvalue weighted by molar-refractivity contribution is 0.0651. The van der Waals surface area contributed by atoms with Crippen LogP contribution in [0.3, 0.4) is 0 Å². The maximum Gasteiger partial charge on any atom is 0.287 e. The van der Waals surface area contributed by atoms with E-state index in [1.54, 1.807) is 24.3 Å². The van der Waals surface area contributed by atoms with Crippen molar-refractivity contribution in [1.29, 1.82) is 0 Å². The van der Waals surface area contributed by atoms with E-state index in [1.165, 1.54) is 4.90 Å². The molecule has 1 aliphatic rings. The van der Waals surface area contributed by atoms with E-state index in [1.807, 2.05) is 0 Å². The Morgan fingerprint density at radius 2 is 1.52 bits per heavy atom. The van der Waals surface area contributed by atoms with Gasteiger partial charge in [-0.2, -0.15) is 0 Å². The third kappa shape index (κ3) is 4.16. The number of hydrogen-bond donors (Lipinski definition) is 1. The molecule has 0 aromatic heterocycles. The molecule has 2 amide bonds. The predicted molar refractivity (Wildman–Crippen MR) is 80.8 cm³/mol. The van der Waals surface area contributed by atoms with Crippen LogP contribution in [-0.2, 0) is 4.57 Å². The molecule has 1 aliphatic heterocycles. The highest BCUT2D eigenvalue weighted by atomic mass is 35.7. The summed E-state index contributed by atoms with van der Waals surface area (Å²) < 4.78 is 10.9. The molecule has 0 saturated heterocycles. The van der Waals surface area contributed by atoms with Crippen LogP contribution in [-0.4, -0.2) is 34.3 Å². The molecule has 1 unspecified atom stereocenters. The van der Waals surface area contributed by atoms with E-state index in [0.717, 1.165) is 12.8 Å². The second-order valence-electron chi connectivity index (χ2n) is 5.06. The third-order valence-electron chi connectivity index (χ3n) is 3.44. The molecule has 0 spiro atoms. The van der Waals surface area contributed by atoms with E-state index in [-0.39, 0.29) is 18.0 Å². The number of halogens is 1. The topological polar surface area (TPSA) is 74.7 Å². The molecule has 0 bridgehead atoms. The van der Waals surface area contributed by atoms with Gasteiger partial charge in [0.25, 0.3) is 18.5 Å². The number of carbonyl (C=O) groups excluding carboxylic acids is 2. The molecule has 0 fully saturated rings. The minimum atomic E-state index is -3.44. The van der Waals surface area contributed by atoms with Crippen molar-refractivity contribution < 1.29 is 19.0 Å². The molecular weight excluding hydrogens is 313 g/mol. The summed E-state index contributed by atoms with van der Waals surface area (Å²) in [5, 5.41) is 0. The van der Waals surface area contributed by atoms with Crippen molar-refractivity contribution in [2.75, 3.05) is 12.7 Å². The van der Waals surface area contributed by atoms with Crippen LogP contribution in [0.1, 0.15) is 46.4 Å². The number of imide groups is 1. The summed E-state index contributed by atoms with van der Waals surface area (Å²) in [4.78, 5) is 34.4. The zero-order valence-electron chi connectivity index (χ0n) is 11.5. The molecule has 21 heavy (non-hydrogen) atoms. The molecule has 0 aliphatic carbocycles. The van der Waals surface area contributed by atoms with E-state index in [9.17, 15) is 14.2 Å². The first-order chi connectivity index (χ1) is 9.90. The zero-order valence-corrected chi connectivity index (χ0v) is 13.1. The monoisotopic (exact) mass is 329 g/mol.